The summed E-state index contributed by atoms with van der Waals surface area (Å²) in [6.45, 7) is 7.59. The zero-order chi connectivity index (χ0) is 12.3. The molecule has 0 bridgehead atoms. The Hall–Kier alpha value is -1.19. The zero-order valence-corrected chi connectivity index (χ0v) is 10.6. The first-order chi connectivity index (χ1) is 8.12. The minimum Gasteiger partial charge on any atom is -0.379 e. The van der Waals surface area contributed by atoms with E-state index in [-0.39, 0.29) is 5.54 Å². The third-order valence-electron chi connectivity index (χ3n) is 3.48. The molecule has 0 amide bonds. The summed E-state index contributed by atoms with van der Waals surface area (Å²) in [6, 6.07) is 9.96. The lowest BCUT2D eigenvalue weighted by Gasteiger charge is -2.41. The SMILES string of the molecule is CC(C)(C(=N)c1ccccc1)N1CCOCC1. The fourth-order valence-electron chi connectivity index (χ4n) is 2.24. The second-order valence-electron chi connectivity index (χ2n) is 4.90. The molecule has 1 heterocycles. The number of nitrogens with one attached hydrogen (secondary N) is 1. The first kappa shape index (κ1) is 12.3. The summed E-state index contributed by atoms with van der Waals surface area (Å²) in [5.74, 6) is 0. The molecule has 0 atom stereocenters. The molecule has 17 heavy (non-hydrogen) atoms. The van der Waals surface area contributed by atoms with Gasteiger partial charge in [-0.2, -0.15) is 0 Å². The molecule has 92 valence electrons. The maximum absolute atomic E-state index is 8.39. The van der Waals surface area contributed by atoms with Crippen LogP contribution in [0.3, 0.4) is 0 Å². The van der Waals surface area contributed by atoms with Gasteiger partial charge in [0, 0.05) is 13.1 Å². The van der Waals surface area contributed by atoms with E-state index in [9.17, 15) is 0 Å². The molecule has 0 aromatic heterocycles. The van der Waals surface area contributed by atoms with Crippen LogP contribution in [0.1, 0.15) is 19.4 Å². The highest BCUT2D eigenvalue weighted by atomic mass is 16.5. The molecule has 3 heteroatoms. The minimum atomic E-state index is -0.231. The van der Waals surface area contributed by atoms with E-state index in [4.69, 9.17) is 10.1 Å². The van der Waals surface area contributed by atoms with Crippen LogP contribution in [0.4, 0.5) is 0 Å². The fourth-order valence-corrected chi connectivity index (χ4v) is 2.24. The van der Waals surface area contributed by atoms with Crippen molar-refractivity contribution in [2.75, 3.05) is 26.3 Å². The summed E-state index contributed by atoms with van der Waals surface area (Å²) in [6.07, 6.45) is 0. The minimum absolute atomic E-state index is 0.231. The van der Waals surface area contributed by atoms with Gasteiger partial charge < -0.3 is 10.1 Å². The van der Waals surface area contributed by atoms with Gasteiger partial charge >= 0.3 is 0 Å². The maximum Gasteiger partial charge on any atom is 0.0594 e. The third-order valence-corrected chi connectivity index (χ3v) is 3.48. The number of ether oxygens (including phenoxy) is 1. The summed E-state index contributed by atoms with van der Waals surface area (Å²) in [5.41, 5.74) is 1.45. The average molecular weight is 232 g/mol. The molecule has 1 N–H and O–H groups in total. The standard InChI is InChI=1S/C14H20N2O/c1-14(2,16-8-10-17-11-9-16)13(15)12-6-4-3-5-7-12/h3-7,15H,8-11H2,1-2H3. The first-order valence-corrected chi connectivity index (χ1v) is 6.09. The second kappa shape index (κ2) is 4.98. The summed E-state index contributed by atoms with van der Waals surface area (Å²) in [5, 5.41) is 8.39. The van der Waals surface area contributed by atoms with Gasteiger partial charge in [-0.05, 0) is 19.4 Å². The molecule has 0 spiro atoms. The molecular formula is C14H20N2O. The Labute approximate surface area is 103 Å². The molecule has 1 aromatic carbocycles. The largest absolute Gasteiger partial charge is 0.379 e. The molecule has 1 aliphatic rings. The number of nitrogens with zero attached hydrogens (tertiary/aromatic N) is 1. The Kier molecular flexibility index (Phi) is 3.60. The van der Waals surface area contributed by atoms with Crippen LogP contribution in [0.25, 0.3) is 0 Å². The summed E-state index contributed by atoms with van der Waals surface area (Å²) in [7, 11) is 0. The van der Waals surface area contributed by atoms with Crippen LogP contribution >= 0.6 is 0 Å². The highest BCUT2D eigenvalue weighted by molar-refractivity contribution is 6.04. The molecule has 0 radical (unpaired) electrons. The number of morpholine rings is 1. The monoisotopic (exact) mass is 232 g/mol. The summed E-state index contributed by atoms with van der Waals surface area (Å²) >= 11 is 0. The van der Waals surface area contributed by atoms with Gasteiger partial charge in [0.05, 0.1) is 24.5 Å². The molecule has 1 fully saturated rings. The molecular weight excluding hydrogens is 212 g/mol. The van der Waals surface area contributed by atoms with Gasteiger partial charge in [-0.3, -0.25) is 4.90 Å². The van der Waals surface area contributed by atoms with Gasteiger partial charge in [0.1, 0.15) is 0 Å². The van der Waals surface area contributed by atoms with Crippen LogP contribution in [0.5, 0.6) is 0 Å². The molecule has 1 aromatic rings. The van der Waals surface area contributed by atoms with Crippen molar-refractivity contribution in [3.05, 3.63) is 35.9 Å². The van der Waals surface area contributed by atoms with E-state index < -0.39 is 0 Å². The summed E-state index contributed by atoms with van der Waals surface area (Å²) in [4.78, 5) is 2.33. The van der Waals surface area contributed by atoms with Crippen LogP contribution in [-0.2, 0) is 4.74 Å². The molecule has 0 unspecified atom stereocenters. The van der Waals surface area contributed by atoms with Gasteiger partial charge in [-0.1, -0.05) is 30.3 Å². The van der Waals surface area contributed by atoms with Gasteiger partial charge in [0.25, 0.3) is 0 Å². The molecule has 2 rings (SSSR count). The van der Waals surface area contributed by atoms with Gasteiger partial charge in [0.15, 0.2) is 0 Å². The fraction of sp³-hybridized carbons (Fsp3) is 0.500. The van der Waals surface area contributed by atoms with Crippen molar-refractivity contribution >= 4 is 5.71 Å². The Morgan fingerprint density at radius 1 is 1.18 bits per heavy atom. The predicted molar refractivity (Wildman–Crippen MR) is 69.7 cm³/mol. The Balaban J connectivity index is 2.17. The van der Waals surface area contributed by atoms with E-state index in [1.807, 2.05) is 30.3 Å². The van der Waals surface area contributed by atoms with Crippen molar-refractivity contribution in [1.29, 1.82) is 5.41 Å². The Bertz CT molecular complexity index is 380. The van der Waals surface area contributed by atoms with E-state index in [0.29, 0.717) is 5.71 Å². The van der Waals surface area contributed by atoms with Gasteiger partial charge in [-0.25, -0.2) is 0 Å². The second-order valence-corrected chi connectivity index (χ2v) is 4.90. The van der Waals surface area contributed by atoms with Crippen molar-refractivity contribution in [2.24, 2.45) is 0 Å². The van der Waals surface area contributed by atoms with E-state index >= 15 is 0 Å². The molecule has 0 aliphatic carbocycles. The van der Waals surface area contributed by atoms with Crippen molar-refractivity contribution in [3.8, 4) is 0 Å². The molecule has 0 saturated carbocycles. The topological polar surface area (TPSA) is 36.3 Å². The van der Waals surface area contributed by atoms with Gasteiger partial charge in [-0.15, -0.1) is 0 Å². The zero-order valence-electron chi connectivity index (χ0n) is 10.6. The lowest BCUT2D eigenvalue weighted by molar-refractivity contribution is 0.0100. The number of rotatable bonds is 3. The van der Waals surface area contributed by atoms with Crippen LogP contribution in [0.15, 0.2) is 30.3 Å². The number of benzene rings is 1. The van der Waals surface area contributed by atoms with Gasteiger partial charge in [0.2, 0.25) is 0 Å². The Morgan fingerprint density at radius 2 is 1.76 bits per heavy atom. The van der Waals surface area contributed by atoms with Crippen molar-refractivity contribution in [1.82, 2.24) is 4.90 Å². The smallest absolute Gasteiger partial charge is 0.0594 e. The van der Waals surface area contributed by atoms with Crippen LogP contribution in [0, 0.1) is 5.41 Å². The quantitative estimate of drug-likeness (QED) is 0.811. The Morgan fingerprint density at radius 3 is 2.35 bits per heavy atom. The van der Waals surface area contributed by atoms with E-state index in [0.717, 1.165) is 31.9 Å². The lowest BCUT2D eigenvalue weighted by Crippen LogP contribution is -2.54. The highest BCUT2D eigenvalue weighted by Crippen LogP contribution is 2.21. The average Bonchev–Trinajstić information content (AvgIpc) is 2.40. The van der Waals surface area contributed by atoms with Crippen LogP contribution < -0.4 is 0 Å². The van der Waals surface area contributed by atoms with E-state index in [1.54, 1.807) is 0 Å². The van der Waals surface area contributed by atoms with Crippen molar-refractivity contribution in [2.45, 2.75) is 19.4 Å². The first-order valence-electron chi connectivity index (χ1n) is 6.09. The normalized spacial score (nSPS) is 18.0. The predicted octanol–water partition coefficient (Wildman–Crippen LogP) is 2.17. The van der Waals surface area contributed by atoms with Crippen LogP contribution in [0.2, 0.25) is 0 Å². The maximum atomic E-state index is 8.39. The lowest BCUT2D eigenvalue weighted by atomic mass is 9.90. The molecule has 3 nitrogen and oxygen atoms in total. The van der Waals surface area contributed by atoms with Crippen LogP contribution in [-0.4, -0.2) is 42.5 Å². The summed E-state index contributed by atoms with van der Waals surface area (Å²) < 4.78 is 5.37. The number of hydrogen-bond donors (Lipinski definition) is 1. The van der Waals surface area contributed by atoms with E-state index in [2.05, 4.69) is 18.7 Å². The third kappa shape index (κ3) is 2.56. The van der Waals surface area contributed by atoms with Crippen molar-refractivity contribution < 1.29 is 4.74 Å². The van der Waals surface area contributed by atoms with E-state index in [1.165, 1.54) is 0 Å². The van der Waals surface area contributed by atoms with Crippen molar-refractivity contribution in [3.63, 3.8) is 0 Å². The highest BCUT2D eigenvalue weighted by Gasteiger charge is 2.32. The molecule has 1 saturated heterocycles. The number of hydrogen-bond acceptors (Lipinski definition) is 3. The molecule has 1 aliphatic heterocycles.